The highest BCUT2D eigenvalue weighted by atomic mass is 28.4. The third-order valence-corrected chi connectivity index (χ3v) is 17.1. The van der Waals surface area contributed by atoms with Crippen LogP contribution in [0.2, 0.25) is 36.3 Å². The predicted molar refractivity (Wildman–Crippen MR) is 148 cm³/mol. The van der Waals surface area contributed by atoms with Crippen LogP contribution in [0.25, 0.3) is 22.8 Å². The molecule has 0 bridgehead atoms. The number of ether oxygens (including phenoxy) is 1. The van der Waals surface area contributed by atoms with Crippen molar-refractivity contribution >= 4 is 39.4 Å². The minimum Gasteiger partial charge on any atom is -0.543 e. The lowest BCUT2D eigenvalue weighted by molar-refractivity contribution is 0.138. The summed E-state index contributed by atoms with van der Waals surface area (Å²) in [5.41, 5.74) is 1.04. The Morgan fingerprint density at radius 1 is 0.971 bits per heavy atom. The first kappa shape index (κ1) is 26.0. The van der Waals surface area contributed by atoms with E-state index in [0.29, 0.717) is 17.2 Å². The Labute approximate surface area is 210 Å². The summed E-state index contributed by atoms with van der Waals surface area (Å²) < 4.78 is 25.0. The fourth-order valence-corrected chi connectivity index (χ4v) is 6.32. The molecule has 1 aromatic heterocycles. The topological polar surface area (TPSA) is 57.9 Å². The third kappa shape index (κ3) is 4.82. The van der Waals surface area contributed by atoms with Crippen molar-refractivity contribution in [2.75, 3.05) is 0 Å². The average Bonchev–Trinajstić information content (AvgIpc) is 2.70. The van der Waals surface area contributed by atoms with Crippen LogP contribution in [0.1, 0.15) is 48.0 Å². The second-order valence-corrected chi connectivity index (χ2v) is 22.4. The molecule has 2 atom stereocenters. The normalized spacial score (nSPS) is 20.7. The molecule has 0 N–H and O–H groups in total. The molecular formula is C28H40O5Si2. The van der Waals surface area contributed by atoms with Gasteiger partial charge in [0, 0.05) is 28.7 Å². The van der Waals surface area contributed by atoms with Gasteiger partial charge in [0.1, 0.15) is 17.4 Å². The van der Waals surface area contributed by atoms with Crippen molar-refractivity contribution in [3.63, 3.8) is 0 Å². The lowest BCUT2D eigenvalue weighted by atomic mass is 9.93. The van der Waals surface area contributed by atoms with Crippen LogP contribution in [-0.4, -0.2) is 28.8 Å². The number of benzene rings is 1. The highest BCUT2D eigenvalue weighted by molar-refractivity contribution is 6.75. The van der Waals surface area contributed by atoms with Gasteiger partial charge in [-0.05, 0) is 48.4 Å². The van der Waals surface area contributed by atoms with Crippen molar-refractivity contribution in [1.82, 2.24) is 0 Å². The molecular weight excluding hydrogens is 472 g/mol. The van der Waals surface area contributed by atoms with Gasteiger partial charge >= 0.3 is 5.63 Å². The van der Waals surface area contributed by atoms with E-state index in [1.54, 1.807) is 6.26 Å². The van der Waals surface area contributed by atoms with E-state index >= 15 is 0 Å². The van der Waals surface area contributed by atoms with E-state index in [0.717, 1.165) is 21.9 Å². The maximum Gasteiger partial charge on any atom is 0.344 e. The maximum absolute atomic E-state index is 13.2. The first-order chi connectivity index (χ1) is 16.0. The fraction of sp³-hybridized carbons (Fsp3) is 0.536. The zero-order valence-corrected chi connectivity index (χ0v) is 24.9. The Morgan fingerprint density at radius 3 is 2.26 bits per heavy atom. The molecule has 2 aromatic rings. The van der Waals surface area contributed by atoms with Crippen LogP contribution in [-0.2, 0) is 9.16 Å². The molecule has 0 spiro atoms. The van der Waals surface area contributed by atoms with Crippen LogP contribution in [0, 0.1) is 0 Å². The van der Waals surface area contributed by atoms with Crippen LogP contribution < -0.4 is 20.5 Å². The summed E-state index contributed by atoms with van der Waals surface area (Å²) in [7, 11) is -3.93. The Kier molecular flexibility index (Phi) is 6.30. The van der Waals surface area contributed by atoms with Crippen molar-refractivity contribution in [1.29, 1.82) is 0 Å². The molecule has 0 saturated heterocycles. The van der Waals surface area contributed by atoms with E-state index in [9.17, 15) is 4.79 Å². The smallest absolute Gasteiger partial charge is 0.344 e. The highest BCUT2D eigenvalue weighted by Crippen LogP contribution is 2.39. The predicted octanol–water partition coefficient (Wildman–Crippen LogP) is 5.81. The number of hydrogen-bond acceptors (Lipinski definition) is 5. The summed E-state index contributed by atoms with van der Waals surface area (Å²) in [6, 6.07) is 5.77. The van der Waals surface area contributed by atoms with Gasteiger partial charge in [-0.2, -0.15) is 0 Å². The van der Waals surface area contributed by atoms with Gasteiger partial charge in [0.05, 0.1) is 17.6 Å². The molecule has 190 valence electrons. The van der Waals surface area contributed by atoms with E-state index in [2.05, 4.69) is 73.8 Å². The number of rotatable bonds is 4. The van der Waals surface area contributed by atoms with E-state index in [-0.39, 0.29) is 27.9 Å². The molecule has 0 fully saturated rings. The van der Waals surface area contributed by atoms with Crippen molar-refractivity contribution in [2.24, 2.45) is 0 Å². The van der Waals surface area contributed by atoms with Gasteiger partial charge in [-0.15, -0.1) is 0 Å². The lowest BCUT2D eigenvalue weighted by Crippen LogP contribution is -2.49. The molecule has 1 aliphatic carbocycles. The summed E-state index contributed by atoms with van der Waals surface area (Å²) in [6.45, 7) is 22.3. The van der Waals surface area contributed by atoms with E-state index in [1.807, 2.05) is 24.3 Å². The van der Waals surface area contributed by atoms with Crippen LogP contribution >= 0.6 is 0 Å². The molecule has 5 nitrogen and oxygen atoms in total. The third-order valence-electron chi connectivity index (χ3n) is 8.27. The van der Waals surface area contributed by atoms with Gasteiger partial charge in [-0.1, -0.05) is 53.7 Å². The molecule has 35 heavy (non-hydrogen) atoms. The largest absolute Gasteiger partial charge is 0.543 e. The molecule has 1 aliphatic heterocycles. The number of fused-ring (bicyclic) bond motifs is 4. The summed E-state index contributed by atoms with van der Waals surface area (Å²) >= 11 is 0. The number of hydrogen-bond donors (Lipinski definition) is 0. The molecule has 2 heterocycles. The molecule has 4 rings (SSSR count). The van der Waals surface area contributed by atoms with Gasteiger partial charge in [-0.25, -0.2) is 4.79 Å². The van der Waals surface area contributed by atoms with Crippen molar-refractivity contribution in [3.8, 4) is 5.75 Å². The Balaban J connectivity index is 1.73. The van der Waals surface area contributed by atoms with Gasteiger partial charge in [-0.3, -0.25) is 0 Å². The van der Waals surface area contributed by atoms with Crippen molar-refractivity contribution in [3.05, 3.63) is 51.2 Å². The van der Waals surface area contributed by atoms with E-state index < -0.39 is 16.6 Å². The molecule has 2 unspecified atom stereocenters. The zero-order chi connectivity index (χ0) is 26.0. The Hall–Kier alpha value is -2.10. The second kappa shape index (κ2) is 8.49. The van der Waals surface area contributed by atoms with E-state index in [4.69, 9.17) is 18.0 Å². The summed E-state index contributed by atoms with van der Waals surface area (Å²) in [4.78, 5) is 13.2. The molecule has 0 radical (unpaired) electrons. The van der Waals surface area contributed by atoms with E-state index in [1.165, 1.54) is 0 Å². The Morgan fingerprint density at radius 2 is 1.63 bits per heavy atom. The zero-order valence-electron chi connectivity index (χ0n) is 22.9. The highest BCUT2D eigenvalue weighted by Gasteiger charge is 2.41. The van der Waals surface area contributed by atoms with Crippen LogP contribution in [0.5, 0.6) is 5.75 Å². The quantitative estimate of drug-likeness (QED) is 0.382. The van der Waals surface area contributed by atoms with Crippen LogP contribution in [0.4, 0.5) is 0 Å². The van der Waals surface area contributed by atoms with Gasteiger partial charge in [0.2, 0.25) is 8.32 Å². The molecule has 0 amide bonds. The van der Waals surface area contributed by atoms with Gasteiger partial charge in [0.25, 0.3) is 0 Å². The summed E-state index contributed by atoms with van der Waals surface area (Å²) in [5.74, 6) is 0.734. The van der Waals surface area contributed by atoms with Crippen molar-refractivity contribution in [2.45, 2.75) is 96.4 Å². The average molecular weight is 513 g/mol. The van der Waals surface area contributed by atoms with Gasteiger partial charge < -0.3 is 18.0 Å². The fourth-order valence-electron chi connectivity index (χ4n) is 4.01. The van der Waals surface area contributed by atoms with Crippen molar-refractivity contribution < 1.29 is 18.0 Å². The molecule has 0 saturated carbocycles. The minimum atomic E-state index is -2.01. The molecule has 2 aliphatic rings. The van der Waals surface area contributed by atoms with Crippen LogP contribution in [0.15, 0.2) is 39.6 Å². The minimum absolute atomic E-state index is 0.0258. The van der Waals surface area contributed by atoms with Gasteiger partial charge in [0.15, 0.2) is 8.32 Å². The molecule has 1 aromatic carbocycles. The summed E-state index contributed by atoms with van der Waals surface area (Å²) in [6.07, 6.45) is 6.23. The summed E-state index contributed by atoms with van der Waals surface area (Å²) in [5, 5.41) is 2.42. The maximum atomic E-state index is 13.2. The molecule has 7 heteroatoms. The second-order valence-electron chi connectivity index (χ2n) is 12.9. The SMILES string of the molecule is CC(C)(C)[Si](C)(C)Oc1ccc2c3c(c(=O)oc2c1)=C1C=CC(O[Si](C)(C)C(C)(C)C)CC1OC=3. The first-order valence-electron chi connectivity index (χ1n) is 12.5. The Bertz CT molecular complexity index is 1350. The standard InChI is InChI=1S/C28H40O5Si2/c1-27(2,3)34(7,8)32-18-12-14-21-23(15-18)30-17-22-20-13-11-19(33-35(9,10)28(4,5)6)16-24(20)31-26(29)25(21)22/h11-14,16-18,23H,15H2,1-10H3. The monoisotopic (exact) mass is 512 g/mol. The lowest BCUT2D eigenvalue weighted by Gasteiger charge is -2.40. The van der Waals surface area contributed by atoms with Crippen LogP contribution in [0.3, 0.4) is 0 Å². The first-order valence-corrected chi connectivity index (χ1v) is 18.3.